The molecule has 0 aliphatic rings. The lowest BCUT2D eigenvalue weighted by atomic mass is 10.2. The molecule has 0 radical (unpaired) electrons. The first-order valence-corrected chi connectivity index (χ1v) is 4.98. The highest BCUT2D eigenvalue weighted by Crippen LogP contribution is 2.22. The minimum atomic E-state index is 0.697. The van der Waals surface area contributed by atoms with Gasteiger partial charge < -0.3 is 5.32 Å². The van der Waals surface area contributed by atoms with E-state index in [1.165, 1.54) is 0 Å². The maximum absolute atomic E-state index is 6.04. The van der Waals surface area contributed by atoms with Gasteiger partial charge >= 0.3 is 0 Å². The maximum Gasteiger partial charge on any atom is 0.126 e. The molecular formula is C11H11ClN2. The SMILES string of the molecule is CCNc1ccc2cccc(Cl)c2n1. The van der Waals surface area contributed by atoms with Crippen molar-refractivity contribution in [2.24, 2.45) is 0 Å². The molecule has 0 fully saturated rings. The average molecular weight is 207 g/mol. The molecule has 0 unspecified atom stereocenters. The summed E-state index contributed by atoms with van der Waals surface area (Å²) in [5.41, 5.74) is 0.854. The molecular weight excluding hydrogens is 196 g/mol. The molecule has 0 amide bonds. The number of para-hydroxylation sites is 1. The van der Waals surface area contributed by atoms with Gasteiger partial charge in [-0.2, -0.15) is 0 Å². The van der Waals surface area contributed by atoms with Gasteiger partial charge in [-0.15, -0.1) is 0 Å². The third-order valence-electron chi connectivity index (χ3n) is 2.03. The van der Waals surface area contributed by atoms with Crippen LogP contribution < -0.4 is 5.32 Å². The summed E-state index contributed by atoms with van der Waals surface area (Å²) in [6.45, 7) is 2.90. The predicted molar refractivity (Wildman–Crippen MR) is 60.9 cm³/mol. The van der Waals surface area contributed by atoms with E-state index in [2.05, 4.69) is 10.3 Å². The van der Waals surface area contributed by atoms with Crippen LogP contribution in [0.1, 0.15) is 6.92 Å². The van der Waals surface area contributed by atoms with Crippen molar-refractivity contribution in [2.45, 2.75) is 6.92 Å². The second-order valence-corrected chi connectivity index (χ2v) is 3.45. The Hall–Kier alpha value is -1.28. The van der Waals surface area contributed by atoms with E-state index in [1.54, 1.807) is 0 Å². The molecule has 1 heterocycles. The zero-order valence-electron chi connectivity index (χ0n) is 7.92. The van der Waals surface area contributed by atoms with E-state index in [-0.39, 0.29) is 0 Å². The third-order valence-corrected chi connectivity index (χ3v) is 2.33. The Morgan fingerprint density at radius 1 is 1.29 bits per heavy atom. The van der Waals surface area contributed by atoms with Gasteiger partial charge in [0.05, 0.1) is 10.5 Å². The van der Waals surface area contributed by atoms with Gasteiger partial charge in [-0.1, -0.05) is 23.7 Å². The van der Waals surface area contributed by atoms with Gasteiger partial charge in [-0.3, -0.25) is 0 Å². The van der Waals surface area contributed by atoms with Crippen LogP contribution in [0.2, 0.25) is 5.02 Å². The second kappa shape index (κ2) is 3.84. The van der Waals surface area contributed by atoms with Crippen molar-refractivity contribution in [1.82, 2.24) is 4.98 Å². The van der Waals surface area contributed by atoms with Crippen LogP contribution in [0.3, 0.4) is 0 Å². The fraction of sp³-hybridized carbons (Fsp3) is 0.182. The summed E-state index contributed by atoms with van der Waals surface area (Å²) in [5, 5.41) is 4.92. The van der Waals surface area contributed by atoms with Gasteiger partial charge in [0.2, 0.25) is 0 Å². The number of anilines is 1. The zero-order chi connectivity index (χ0) is 9.97. The first-order valence-electron chi connectivity index (χ1n) is 4.60. The van der Waals surface area contributed by atoms with Gasteiger partial charge in [0.25, 0.3) is 0 Å². The lowest BCUT2D eigenvalue weighted by molar-refractivity contribution is 1.17. The smallest absolute Gasteiger partial charge is 0.126 e. The normalized spacial score (nSPS) is 10.4. The molecule has 3 heteroatoms. The van der Waals surface area contributed by atoms with E-state index in [0.717, 1.165) is 23.3 Å². The molecule has 72 valence electrons. The molecule has 2 aromatic rings. The van der Waals surface area contributed by atoms with Crippen LogP contribution in [0, 0.1) is 0 Å². The summed E-state index contributed by atoms with van der Waals surface area (Å²) < 4.78 is 0. The maximum atomic E-state index is 6.04. The van der Waals surface area contributed by atoms with Crippen LogP contribution in [-0.2, 0) is 0 Å². The van der Waals surface area contributed by atoms with Crippen LogP contribution in [0.4, 0.5) is 5.82 Å². The van der Waals surface area contributed by atoms with Crippen molar-refractivity contribution < 1.29 is 0 Å². The molecule has 0 bridgehead atoms. The summed E-state index contributed by atoms with van der Waals surface area (Å²) in [6.07, 6.45) is 0. The van der Waals surface area contributed by atoms with Crippen molar-refractivity contribution in [2.75, 3.05) is 11.9 Å². The number of nitrogens with zero attached hydrogens (tertiary/aromatic N) is 1. The van der Waals surface area contributed by atoms with Crippen LogP contribution in [0.5, 0.6) is 0 Å². The van der Waals surface area contributed by atoms with Crippen molar-refractivity contribution in [3.8, 4) is 0 Å². The first kappa shape index (κ1) is 9.28. The molecule has 1 aromatic heterocycles. The van der Waals surface area contributed by atoms with Crippen LogP contribution in [-0.4, -0.2) is 11.5 Å². The molecule has 1 aromatic carbocycles. The Morgan fingerprint density at radius 2 is 2.14 bits per heavy atom. The number of hydrogen-bond donors (Lipinski definition) is 1. The van der Waals surface area contributed by atoms with Crippen molar-refractivity contribution in [3.05, 3.63) is 35.4 Å². The summed E-state index contributed by atoms with van der Waals surface area (Å²) in [6, 6.07) is 9.77. The fourth-order valence-corrected chi connectivity index (χ4v) is 1.61. The second-order valence-electron chi connectivity index (χ2n) is 3.04. The van der Waals surface area contributed by atoms with Crippen LogP contribution in [0.25, 0.3) is 10.9 Å². The quantitative estimate of drug-likeness (QED) is 0.816. The van der Waals surface area contributed by atoms with Gasteiger partial charge in [0, 0.05) is 11.9 Å². The summed E-state index contributed by atoms with van der Waals surface area (Å²) in [7, 11) is 0. The van der Waals surface area contributed by atoms with E-state index in [1.807, 2.05) is 37.3 Å². The largest absolute Gasteiger partial charge is 0.370 e. The van der Waals surface area contributed by atoms with Gasteiger partial charge in [0.1, 0.15) is 5.82 Å². The lowest BCUT2D eigenvalue weighted by Crippen LogP contribution is -1.98. The molecule has 1 N–H and O–H groups in total. The number of fused-ring (bicyclic) bond motifs is 1. The Kier molecular flexibility index (Phi) is 2.55. The molecule has 0 saturated heterocycles. The zero-order valence-corrected chi connectivity index (χ0v) is 8.67. The summed E-state index contributed by atoms with van der Waals surface area (Å²) in [4.78, 5) is 4.42. The van der Waals surface area contributed by atoms with Crippen LogP contribution >= 0.6 is 11.6 Å². The highest BCUT2D eigenvalue weighted by molar-refractivity contribution is 6.35. The number of pyridine rings is 1. The average Bonchev–Trinajstić information content (AvgIpc) is 2.20. The Bertz CT molecular complexity index is 454. The standard InChI is InChI=1S/C11H11ClN2/c1-2-13-10-7-6-8-4-3-5-9(12)11(8)14-10/h3-7H,2H2,1H3,(H,13,14). The lowest BCUT2D eigenvalue weighted by Gasteiger charge is -2.04. The molecule has 0 aliphatic heterocycles. The molecule has 0 atom stereocenters. The third kappa shape index (κ3) is 1.66. The molecule has 2 nitrogen and oxygen atoms in total. The summed E-state index contributed by atoms with van der Waals surface area (Å²) in [5.74, 6) is 0.869. The molecule has 0 aliphatic carbocycles. The first-order chi connectivity index (χ1) is 6.81. The Morgan fingerprint density at radius 3 is 2.93 bits per heavy atom. The highest BCUT2D eigenvalue weighted by atomic mass is 35.5. The van der Waals surface area contributed by atoms with Gasteiger partial charge in [-0.25, -0.2) is 4.98 Å². The molecule has 14 heavy (non-hydrogen) atoms. The molecule has 0 spiro atoms. The number of nitrogens with one attached hydrogen (secondary N) is 1. The number of hydrogen-bond acceptors (Lipinski definition) is 2. The van der Waals surface area contributed by atoms with Gasteiger partial charge in [0.15, 0.2) is 0 Å². The highest BCUT2D eigenvalue weighted by Gasteiger charge is 2.00. The van der Waals surface area contributed by atoms with Gasteiger partial charge in [-0.05, 0) is 25.1 Å². The molecule has 0 saturated carbocycles. The van der Waals surface area contributed by atoms with E-state index < -0.39 is 0 Å². The van der Waals surface area contributed by atoms with Crippen molar-refractivity contribution >= 4 is 28.3 Å². The van der Waals surface area contributed by atoms with E-state index in [0.29, 0.717) is 5.02 Å². The van der Waals surface area contributed by atoms with E-state index in [4.69, 9.17) is 11.6 Å². The minimum Gasteiger partial charge on any atom is -0.370 e. The van der Waals surface area contributed by atoms with Crippen LogP contribution in [0.15, 0.2) is 30.3 Å². The topological polar surface area (TPSA) is 24.9 Å². The fourth-order valence-electron chi connectivity index (χ4n) is 1.39. The Balaban J connectivity index is 2.58. The number of halogens is 1. The van der Waals surface area contributed by atoms with Crippen molar-refractivity contribution in [3.63, 3.8) is 0 Å². The predicted octanol–water partition coefficient (Wildman–Crippen LogP) is 3.32. The molecule has 2 rings (SSSR count). The Labute approximate surface area is 87.9 Å². The number of rotatable bonds is 2. The van der Waals surface area contributed by atoms with E-state index in [9.17, 15) is 0 Å². The monoisotopic (exact) mass is 206 g/mol. The van der Waals surface area contributed by atoms with Crippen molar-refractivity contribution in [1.29, 1.82) is 0 Å². The number of benzene rings is 1. The number of aromatic nitrogens is 1. The minimum absolute atomic E-state index is 0.697. The van der Waals surface area contributed by atoms with E-state index >= 15 is 0 Å². The summed E-state index contributed by atoms with van der Waals surface area (Å²) >= 11 is 6.04.